The molecule has 1 aliphatic rings. The van der Waals surface area contributed by atoms with Gasteiger partial charge in [0, 0.05) is 42.7 Å². The number of nitrogens with one attached hydrogen (secondary N) is 1. The van der Waals surface area contributed by atoms with Gasteiger partial charge < -0.3 is 19.3 Å². The molecule has 9 nitrogen and oxygen atoms in total. The van der Waals surface area contributed by atoms with E-state index in [1.807, 2.05) is 10.6 Å². The molecule has 0 bridgehead atoms. The van der Waals surface area contributed by atoms with E-state index < -0.39 is 11.8 Å². The van der Waals surface area contributed by atoms with Crippen LogP contribution in [0.4, 0.5) is 0 Å². The molecular formula is C18H17N5O4. The summed E-state index contributed by atoms with van der Waals surface area (Å²) in [4.78, 5) is 33.5. The molecule has 0 spiro atoms. The van der Waals surface area contributed by atoms with Crippen molar-refractivity contribution in [3.8, 4) is 0 Å². The van der Waals surface area contributed by atoms with Gasteiger partial charge in [0.1, 0.15) is 12.4 Å². The van der Waals surface area contributed by atoms with Gasteiger partial charge in [0.25, 0.3) is 11.8 Å². The lowest BCUT2D eigenvalue weighted by molar-refractivity contribution is -0.122. The molecule has 27 heavy (non-hydrogen) atoms. The SMILES string of the molecule is O=C1NC(=O)C(c2cn(CCCO)c3ncccc23)=C1c1cn(CO)cn1. The zero-order valence-corrected chi connectivity index (χ0v) is 14.3. The van der Waals surface area contributed by atoms with E-state index in [9.17, 15) is 14.7 Å². The van der Waals surface area contributed by atoms with Gasteiger partial charge in [0.15, 0.2) is 0 Å². The minimum absolute atomic E-state index is 0.0351. The van der Waals surface area contributed by atoms with Gasteiger partial charge in [-0.3, -0.25) is 14.9 Å². The maximum Gasteiger partial charge on any atom is 0.261 e. The summed E-state index contributed by atoms with van der Waals surface area (Å²) in [6.07, 6.45) is 6.86. The fraction of sp³-hybridized carbons (Fsp3) is 0.222. The number of aliphatic hydroxyl groups is 2. The number of hydrogen-bond donors (Lipinski definition) is 3. The number of imidazole rings is 1. The molecule has 0 saturated carbocycles. The molecule has 0 fully saturated rings. The highest BCUT2D eigenvalue weighted by atomic mass is 16.3. The summed E-state index contributed by atoms with van der Waals surface area (Å²) in [5.41, 5.74) is 1.94. The van der Waals surface area contributed by atoms with E-state index >= 15 is 0 Å². The predicted octanol–water partition coefficient (Wildman–Crippen LogP) is 0.132. The molecule has 138 valence electrons. The number of carbonyl (C=O) groups is 2. The van der Waals surface area contributed by atoms with Crippen LogP contribution >= 0.6 is 0 Å². The first kappa shape index (κ1) is 17.1. The average molecular weight is 367 g/mol. The van der Waals surface area contributed by atoms with Crippen molar-refractivity contribution < 1.29 is 19.8 Å². The van der Waals surface area contributed by atoms with Gasteiger partial charge in [-0.15, -0.1) is 0 Å². The highest BCUT2D eigenvalue weighted by Gasteiger charge is 2.35. The third-order valence-corrected chi connectivity index (χ3v) is 4.44. The Labute approximate surface area is 153 Å². The van der Waals surface area contributed by atoms with Gasteiger partial charge >= 0.3 is 0 Å². The molecule has 0 atom stereocenters. The van der Waals surface area contributed by atoms with Gasteiger partial charge in [0.05, 0.1) is 23.2 Å². The number of hydrogen-bond acceptors (Lipinski definition) is 6. The summed E-state index contributed by atoms with van der Waals surface area (Å²) in [5.74, 6) is -1.03. The smallest absolute Gasteiger partial charge is 0.261 e. The highest BCUT2D eigenvalue weighted by Crippen LogP contribution is 2.35. The Balaban J connectivity index is 1.94. The molecule has 0 aliphatic carbocycles. The number of aliphatic hydroxyl groups excluding tert-OH is 2. The quantitative estimate of drug-likeness (QED) is 0.533. The number of imide groups is 1. The highest BCUT2D eigenvalue weighted by molar-refractivity contribution is 6.49. The van der Waals surface area contributed by atoms with Crippen molar-refractivity contribution in [1.29, 1.82) is 0 Å². The second kappa shape index (κ2) is 6.78. The number of pyridine rings is 1. The summed E-state index contributed by atoms with van der Waals surface area (Å²) in [6.45, 7) is 0.282. The molecule has 0 radical (unpaired) electrons. The predicted molar refractivity (Wildman–Crippen MR) is 95.8 cm³/mol. The number of aryl methyl sites for hydroxylation is 1. The van der Waals surface area contributed by atoms with Crippen LogP contribution in [0.1, 0.15) is 17.7 Å². The Morgan fingerprint density at radius 1 is 1.07 bits per heavy atom. The lowest BCUT2D eigenvalue weighted by atomic mass is 10.00. The minimum atomic E-state index is -0.529. The first-order chi connectivity index (χ1) is 13.1. The number of carbonyl (C=O) groups excluding carboxylic acids is 2. The normalized spacial score (nSPS) is 14.4. The fourth-order valence-electron chi connectivity index (χ4n) is 3.26. The van der Waals surface area contributed by atoms with Crippen molar-refractivity contribution in [3.63, 3.8) is 0 Å². The summed E-state index contributed by atoms with van der Waals surface area (Å²) in [6, 6.07) is 3.59. The Kier molecular flexibility index (Phi) is 4.30. The van der Waals surface area contributed by atoms with Crippen LogP contribution in [0.5, 0.6) is 0 Å². The maximum atomic E-state index is 12.6. The van der Waals surface area contributed by atoms with Gasteiger partial charge in [0.2, 0.25) is 0 Å². The Morgan fingerprint density at radius 3 is 2.63 bits per heavy atom. The molecule has 3 aromatic rings. The van der Waals surface area contributed by atoms with Crippen molar-refractivity contribution in [2.75, 3.05) is 6.61 Å². The van der Waals surface area contributed by atoms with Gasteiger partial charge in [-0.1, -0.05) is 0 Å². The zero-order valence-electron chi connectivity index (χ0n) is 14.3. The molecule has 4 rings (SSSR count). The molecule has 0 saturated heterocycles. The number of aromatic nitrogens is 4. The summed E-state index contributed by atoms with van der Waals surface area (Å²) in [7, 11) is 0. The lowest BCUT2D eigenvalue weighted by Gasteiger charge is -2.01. The van der Waals surface area contributed by atoms with Gasteiger partial charge in [-0.25, -0.2) is 9.97 Å². The van der Waals surface area contributed by atoms with E-state index in [0.29, 0.717) is 29.9 Å². The van der Waals surface area contributed by atoms with Crippen molar-refractivity contribution in [3.05, 3.63) is 48.3 Å². The van der Waals surface area contributed by atoms with Gasteiger partial charge in [-0.05, 0) is 18.6 Å². The van der Waals surface area contributed by atoms with Crippen LogP contribution < -0.4 is 5.32 Å². The van der Waals surface area contributed by atoms with E-state index in [-0.39, 0.29) is 24.5 Å². The summed E-state index contributed by atoms with van der Waals surface area (Å²) >= 11 is 0. The Morgan fingerprint density at radius 2 is 1.89 bits per heavy atom. The van der Waals surface area contributed by atoms with Crippen LogP contribution in [0.15, 0.2) is 37.1 Å². The number of fused-ring (bicyclic) bond motifs is 1. The van der Waals surface area contributed by atoms with Crippen molar-refractivity contribution in [2.45, 2.75) is 19.7 Å². The molecule has 2 amide bonds. The second-order valence-electron chi connectivity index (χ2n) is 6.14. The number of nitrogens with zero attached hydrogens (tertiary/aromatic N) is 4. The van der Waals surface area contributed by atoms with Crippen LogP contribution in [-0.2, 0) is 22.9 Å². The largest absolute Gasteiger partial charge is 0.396 e. The van der Waals surface area contributed by atoms with Crippen LogP contribution in [-0.4, -0.2) is 47.7 Å². The topological polar surface area (TPSA) is 122 Å². The summed E-state index contributed by atoms with van der Waals surface area (Å²) in [5, 5.41) is 21.4. The van der Waals surface area contributed by atoms with Crippen LogP contribution in [0.3, 0.4) is 0 Å². The van der Waals surface area contributed by atoms with E-state index in [4.69, 9.17) is 5.11 Å². The van der Waals surface area contributed by atoms with Gasteiger partial charge in [-0.2, -0.15) is 0 Å². The number of amides is 2. The zero-order chi connectivity index (χ0) is 19.0. The van der Waals surface area contributed by atoms with Crippen molar-refractivity contribution in [2.24, 2.45) is 0 Å². The molecule has 4 heterocycles. The van der Waals surface area contributed by atoms with Crippen LogP contribution in [0.2, 0.25) is 0 Å². The van der Waals surface area contributed by atoms with E-state index in [0.717, 1.165) is 5.39 Å². The molecule has 3 aromatic heterocycles. The standard InChI is InChI=1S/C18H17N5O4/c24-6-2-5-23-7-12(11-3-1-4-19-16(11)23)14-15(18(27)21-17(14)26)13-8-22(10-25)9-20-13/h1,3-4,7-9,24-25H,2,5-6,10H2,(H,21,26,27). The van der Waals surface area contributed by atoms with Crippen LogP contribution in [0.25, 0.3) is 22.2 Å². The third kappa shape index (κ3) is 2.82. The van der Waals surface area contributed by atoms with Crippen molar-refractivity contribution >= 4 is 34.0 Å². The molecular weight excluding hydrogens is 350 g/mol. The van der Waals surface area contributed by atoms with E-state index in [2.05, 4.69) is 15.3 Å². The molecule has 1 aliphatic heterocycles. The third-order valence-electron chi connectivity index (χ3n) is 4.44. The molecule has 0 unspecified atom stereocenters. The van der Waals surface area contributed by atoms with E-state index in [1.165, 1.54) is 17.1 Å². The Hall–Kier alpha value is -3.30. The first-order valence-electron chi connectivity index (χ1n) is 8.42. The van der Waals surface area contributed by atoms with Crippen LogP contribution in [0, 0.1) is 0 Å². The minimum Gasteiger partial charge on any atom is -0.396 e. The lowest BCUT2D eigenvalue weighted by Crippen LogP contribution is -2.22. The molecule has 3 N–H and O–H groups in total. The van der Waals surface area contributed by atoms with E-state index in [1.54, 1.807) is 18.5 Å². The van der Waals surface area contributed by atoms with Crippen molar-refractivity contribution in [1.82, 2.24) is 24.4 Å². The summed E-state index contributed by atoms with van der Waals surface area (Å²) < 4.78 is 3.26. The number of rotatable bonds is 6. The first-order valence-corrected chi connectivity index (χ1v) is 8.42. The molecule has 0 aromatic carbocycles. The fourth-order valence-corrected chi connectivity index (χ4v) is 3.26. The molecule has 9 heteroatoms. The maximum absolute atomic E-state index is 12.6. The Bertz CT molecular complexity index is 1080. The monoisotopic (exact) mass is 367 g/mol. The average Bonchev–Trinajstić information content (AvgIpc) is 3.35. The second-order valence-corrected chi connectivity index (χ2v) is 6.14.